The molecule has 3 heterocycles. The molecule has 0 atom stereocenters. The molecular weight excluding hydrogens is 358 g/mol. The van der Waals surface area contributed by atoms with Crippen LogP contribution in [0.25, 0.3) is 11.0 Å². The van der Waals surface area contributed by atoms with Gasteiger partial charge in [0.1, 0.15) is 11.3 Å². The summed E-state index contributed by atoms with van der Waals surface area (Å²) < 4.78 is 5.94. The van der Waals surface area contributed by atoms with Gasteiger partial charge in [0, 0.05) is 41.9 Å². The third-order valence-electron chi connectivity index (χ3n) is 5.23. The van der Waals surface area contributed by atoms with Crippen molar-refractivity contribution in [3.05, 3.63) is 46.7 Å². The number of fused-ring (bicyclic) bond motifs is 1. The molecule has 142 valence electrons. The van der Waals surface area contributed by atoms with Gasteiger partial charge in [-0.3, -0.25) is 4.79 Å². The highest BCUT2D eigenvalue weighted by Gasteiger charge is 2.25. The van der Waals surface area contributed by atoms with E-state index in [1.807, 2.05) is 36.1 Å². The first kappa shape index (κ1) is 18.0. The van der Waals surface area contributed by atoms with Crippen LogP contribution in [0, 0.1) is 6.92 Å². The van der Waals surface area contributed by atoms with Crippen molar-refractivity contribution >= 4 is 33.3 Å². The highest BCUT2D eigenvalue weighted by Crippen LogP contribution is 2.28. The molecule has 1 fully saturated rings. The number of rotatable bonds is 5. The molecule has 1 N–H and O–H groups in total. The second-order valence-corrected chi connectivity index (χ2v) is 7.98. The number of likely N-dealkylation sites (tertiary alicyclic amines) is 1. The summed E-state index contributed by atoms with van der Waals surface area (Å²) in [4.78, 5) is 19.4. The van der Waals surface area contributed by atoms with Crippen LogP contribution < -0.4 is 5.32 Å². The molecule has 0 saturated carbocycles. The maximum Gasteiger partial charge on any atom is 0.227 e. The van der Waals surface area contributed by atoms with Crippen LogP contribution in [0.1, 0.15) is 36.8 Å². The van der Waals surface area contributed by atoms with E-state index in [2.05, 4.69) is 22.6 Å². The number of hydrogen-bond donors (Lipinski definition) is 1. The Labute approximate surface area is 163 Å². The average Bonchev–Trinajstić information content (AvgIpc) is 3.25. The molecule has 6 heteroatoms. The molecule has 1 saturated heterocycles. The number of furan rings is 1. The van der Waals surface area contributed by atoms with Crippen LogP contribution in [0.5, 0.6) is 0 Å². The third-order valence-corrected chi connectivity index (χ3v) is 6.12. The molecule has 1 aromatic carbocycles. The van der Waals surface area contributed by atoms with E-state index in [0.29, 0.717) is 12.5 Å². The minimum absolute atomic E-state index is 0.194. The van der Waals surface area contributed by atoms with Gasteiger partial charge in [0.05, 0.1) is 12.1 Å². The van der Waals surface area contributed by atoms with Gasteiger partial charge in [-0.05, 0) is 25.8 Å². The number of carbonyl (C=O) groups excluding carboxylic acids is 1. The van der Waals surface area contributed by atoms with Gasteiger partial charge < -0.3 is 14.6 Å². The van der Waals surface area contributed by atoms with Gasteiger partial charge in [-0.2, -0.15) is 0 Å². The molecule has 0 radical (unpaired) electrons. The number of nitrogens with zero attached hydrogens (tertiary/aromatic N) is 2. The highest BCUT2D eigenvalue weighted by molar-refractivity contribution is 7.13. The molecule has 1 aliphatic heterocycles. The van der Waals surface area contributed by atoms with Gasteiger partial charge in [-0.15, -0.1) is 11.3 Å². The number of nitrogens with one attached hydrogen (secondary N) is 1. The van der Waals surface area contributed by atoms with Crippen LogP contribution in [0.2, 0.25) is 0 Å². The van der Waals surface area contributed by atoms with Crippen LogP contribution in [0.4, 0.5) is 5.13 Å². The van der Waals surface area contributed by atoms with Crippen molar-refractivity contribution in [3.63, 3.8) is 0 Å². The van der Waals surface area contributed by atoms with E-state index in [1.165, 1.54) is 0 Å². The smallest absolute Gasteiger partial charge is 0.227 e. The summed E-state index contributed by atoms with van der Waals surface area (Å²) in [6, 6.07) is 8.38. The predicted molar refractivity (Wildman–Crippen MR) is 109 cm³/mol. The number of thiazole rings is 1. The number of piperidine rings is 1. The predicted octanol–water partition coefficient (Wildman–Crippen LogP) is 4.41. The molecule has 4 rings (SSSR count). The van der Waals surface area contributed by atoms with E-state index >= 15 is 0 Å². The Bertz CT molecular complexity index is 938. The maximum atomic E-state index is 12.9. The number of carbonyl (C=O) groups is 1. The average molecular weight is 384 g/mol. The van der Waals surface area contributed by atoms with Crippen LogP contribution in [0.3, 0.4) is 0 Å². The molecule has 5 nitrogen and oxygen atoms in total. The summed E-state index contributed by atoms with van der Waals surface area (Å²) in [6.45, 7) is 5.66. The van der Waals surface area contributed by atoms with E-state index < -0.39 is 0 Å². The van der Waals surface area contributed by atoms with E-state index in [-0.39, 0.29) is 5.91 Å². The summed E-state index contributed by atoms with van der Waals surface area (Å²) in [5, 5.41) is 7.61. The Kier molecular flexibility index (Phi) is 5.16. The Balaban J connectivity index is 1.39. The van der Waals surface area contributed by atoms with Gasteiger partial charge in [0.2, 0.25) is 5.91 Å². The summed E-state index contributed by atoms with van der Waals surface area (Å²) in [7, 11) is 0. The fraction of sp³-hybridized carbons (Fsp3) is 0.429. The molecular formula is C21H25N3O2S. The summed E-state index contributed by atoms with van der Waals surface area (Å²) >= 11 is 1.65. The fourth-order valence-electron chi connectivity index (χ4n) is 3.76. The SMILES string of the molecule is CCc1oc2ccccc2c1CC(=O)N1CCC(Nc2nc(C)cs2)CC1. The number of aryl methyl sites for hydroxylation is 2. The van der Waals surface area contributed by atoms with E-state index in [0.717, 1.165) is 65.5 Å². The first-order valence-corrected chi connectivity index (χ1v) is 10.5. The third kappa shape index (κ3) is 3.86. The van der Waals surface area contributed by atoms with E-state index in [4.69, 9.17) is 4.42 Å². The minimum Gasteiger partial charge on any atom is -0.461 e. The Morgan fingerprint density at radius 1 is 1.33 bits per heavy atom. The topological polar surface area (TPSA) is 58.4 Å². The molecule has 0 spiro atoms. The van der Waals surface area contributed by atoms with E-state index in [9.17, 15) is 4.79 Å². The van der Waals surface area contributed by atoms with Crippen LogP contribution in [0.15, 0.2) is 34.1 Å². The Morgan fingerprint density at radius 3 is 2.81 bits per heavy atom. The zero-order chi connectivity index (χ0) is 18.8. The lowest BCUT2D eigenvalue weighted by Gasteiger charge is -2.32. The number of para-hydroxylation sites is 1. The van der Waals surface area contributed by atoms with Crippen molar-refractivity contribution in [2.45, 2.75) is 45.6 Å². The first-order valence-electron chi connectivity index (χ1n) is 9.59. The maximum absolute atomic E-state index is 12.9. The monoisotopic (exact) mass is 383 g/mol. The largest absolute Gasteiger partial charge is 0.461 e. The normalized spacial score (nSPS) is 15.4. The van der Waals surface area contributed by atoms with Crippen LogP contribution in [-0.2, 0) is 17.6 Å². The van der Waals surface area contributed by atoms with Crippen molar-refractivity contribution in [2.24, 2.45) is 0 Å². The molecule has 3 aromatic rings. The van der Waals surface area contributed by atoms with Gasteiger partial charge in [-0.25, -0.2) is 4.98 Å². The van der Waals surface area contributed by atoms with Crippen molar-refractivity contribution < 1.29 is 9.21 Å². The summed E-state index contributed by atoms with van der Waals surface area (Å²) in [6.07, 6.45) is 3.13. The lowest BCUT2D eigenvalue weighted by atomic mass is 10.0. The molecule has 0 bridgehead atoms. The lowest BCUT2D eigenvalue weighted by molar-refractivity contribution is -0.131. The van der Waals surface area contributed by atoms with Crippen molar-refractivity contribution in [2.75, 3.05) is 18.4 Å². The standard InChI is InChI=1S/C21H25N3O2S/c1-3-18-17(16-6-4-5-7-19(16)26-18)12-20(25)24-10-8-15(9-11-24)23-21-22-14(2)13-27-21/h4-7,13,15H,3,8-12H2,1-2H3,(H,22,23). The summed E-state index contributed by atoms with van der Waals surface area (Å²) in [5.74, 6) is 1.13. The van der Waals surface area contributed by atoms with Gasteiger partial charge >= 0.3 is 0 Å². The van der Waals surface area contributed by atoms with Gasteiger partial charge in [-0.1, -0.05) is 25.1 Å². The molecule has 1 aliphatic rings. The molecule has 27 heavy (non-hydrogen) atoms. The van der Waals surface area contributed by atoms with Crippen LogP contribution >= 0.6 is 11.3 Å². The number of benzene rings is 1. The Hall–Kier alpha value is -2.34. The number of hydrogen-bond acceptors (Lipinski definition) is 5. The molecule has 0 unspecified atom stereocenters. The fourth-order valence-corrected chi connectivity index (χ4v) is 4.53. The number of anilines is 1. The molecule has 0 aliphatic carbocycles. The van der Waals surface area contributed by atoms with Gasteiger partial charge in [0.25, 0.3) is 0 Å². The molecule has 2 aromatic heterocycles. The number of aromatic nitrogens is 1. The van der Waals surface area contributed by atoms with Crippen molar-refractivity contribution in [1.29, 1.82) is 0 Å². The second-order valence-electron chi connectivity index (χ2n) is 7.12. The minimum atomic E-state index is 0.194. The quantitative estimate of drug-likeness (QED) is 0.709. The highest BCUT2D eigenvalue weighted by atomic mass is 32.1. The first-order chi connectivity index (χ1) is 13.1. The zero-order valence-corrected chi connectivity index (χ0v) is 16.6. The second kappa shape index (κ2) is 7.72. The van der Waals surface area contributed by atoms with Crippen molar-refractivity contribution in [1.82, 2.24) is 9.88 Å². The lowest BCUT2D eigenvalue weighted by Crippen LogP contribution is -2.43. The van der Waals surface area contributed by atoms with Crippen molar-refractivity contribution in [3.8, 4) is 0 Å². The number of amides is 1. The van der Waals surface area contributed by atoms with Crippen LogP contribution in [-0.4, -0.2) is 34.9 Å². The Morgan fingerprint density at radius 2 is 2.11 bits per heavy atom. The summed E-state index contributed by atoms with van der Waals surface area (Å²) in [5.41, 5.74) is 2.98. The molecule has 1 amide bonds. The van der Waals surface area contributed by atoms with Gasteiger partial charge in [0.15, 0.2) is 5.13 Å². The van der Waals surface area contributed by atoms with E-state index in [1.54, 1.807) is 11.3 Å². The zero-order valence-electron chi connectivity index (χ0n) is 15.8.